The third-order valence-corrected chi connectivity index (χ3v) is 4.42. The zero-order valence-corrected chi connectivity index (χ0v) is 15.0. The lowest BCUT2D eigenvalue weighted by Gasteiger charge is -2.23. The van der Waals surface area contributed by atoms with Gasteiger partial charge in [0.15, 0.2) is 11.6 Å². The van der Waals surface area contributed by atoms with E-state index in [0.29, 0.717) is 11.4 Å². The molecule has 0 aliphatic heterocycles. The fraction of sp³-hybridized carbons (Fsp3) is 0.389. The van der Waals surface area contributed by atoms with Gasteiger partial charge in [-0.25, -0.2) is 4.98 Å². The predicted octanol–water partition coefficient (Wildman–Crippen LogP) is 2.30. The number of aromatic nitrogens is 1. The van der Waals surface area contributed by atoms with Gasteiger partial charge in [0, 0.05) is 17.8 Å². The van der Waals surface area contributed by atoms with Gasteiger partial charge in [-0.1, -0.05) is 39.0 Å². The highest BCUT2D eigenvalue weighted by Crippen LogP contribution is 2.33. The van der Waals surface area contributed by atoms with Gasteiger partial charge in [-0.15, -0.1) is 11.3 Å². The van der Waals surface area contributed by atoms with Gasteiger partial charge in [0.25, 0.3) is 0 Å². The van der Waals surface area contributed by atoms with Crippen LogP contribution in [0.5, 0.6) is 5.75 Å². The van der Waals surface area contributed by atoms with Crippen LogP contribution in [0.25, 0.3) is 0 Å². The highest BCUT2D eigenvalue weighted by atomic mass is 32.1. The second kappa shape index (κ2) is 7.13. The van der Waals surface area contributed by atoms with Crippen molar-refractivity contribution in [1.82, 2.24) is 4.98 Å². The maximum absolute atomic E-state index is 12.2. The van der Waals surface area contributed by atoms with E-state index >= 15 is 0 Å². The number of rotatable bonds is 6. The number of aryl methyl sites for hydroxylation is 1. The zero-order valence-electron chi connectivity index (χ0n) is 14.2. The van der Waals surface area contributed by atoms with Crippen molar-refractivity contribution in [3.05, 3.63) is 45.4 Å². The lowest BCUT2D eigenvalue weighted by molar-refractivity contribution is -0.304. The first-order valence-electron chi connectivity index (χ1n) is 7.59. The van der Waals surface area contributed by atoms with Gasteiger partial charge in [0.05, 0.1) is 5.69 Å². The summed E-state index contributed by atoms with van der Waals surface area (Å²) in [5.41, 5.74) is 2.22. The highest BCUT2D eigenvalue weighted by molar-refractivity contribution is 7.11. The summed E-state index contributed by atoms with van der Waals surface area (Å²) in [4.78, 5) is 26.8. The molecule has 0 unspecified atom stereocenters. The standard InChI is InChI=1S/C18H21NO4S/c1-11-6-5-7-13(18(2,3)4)16(11)23-9-14(20)17-19-12(10-24-17)8-15(21)22/h5-7,10H,8-9H2,1-4H3,(H,21,22)/p-1. The molecule has 0 N–H and O–H groups in total. The van der Waals surface area contributed by atoms with Gasteiger partial charge >= 0.3 is 0 Å². The average molecular weight is 346 g/mol. The summed E-state index contributed by atoms with van der Waals surface area (Å²) in [5, 5.41) is 12.4. The Morgan fingerprint density at radius 2 is 2.00 bits per heavy atom. The van der Waals surface area contributed by atoms with E-state index in [1.54, 1.807) is 5.38 Å². The number of hydrogen-bond acceptors (Lipinski definition) is 6. The van der Waals surface area contributed by atoms with Gasteiger partial charge in [-0.2, -0.15) is 0 Å². The number of hydrogen-bond donors (Lipinski definition) is 0. The number of Topliss-reactive ketones (excluding diaryl/α,β-unsaturated/α-hetero) is 1. The number of nitrogens with zero attached hydrogens (tertiary/aromatic N) is 1. The number of ketones is 1. The minimum Gasteiger partial charge on any atom is -0.550 e. The number of carboxylic acids is 1. The van der Waals surface area contributed by atoms with Crippen molar-refractivity contribution in [1.29, 1.82) is 0 Å². The van der Waals surface area contributed by atoms with Crippen molar-refractivity contribution in [3.63, 3.8) is 0 Å². The molecule has 2 rings (SSSR count). The first kappa shape index (κ1) is 18.1. The Hall–Kier alpha value is -2.21. The van der Waals surface area contributed by atoms with Gasteiger partial charge in [-0.05, 0) is 23.5 Å². The predicted molar refractivity (Wildman–Crippen MR) is 90.5 cm³/mol. The Kier molecular flexibility index (Phi) is 5.39. The van der Waals surface area contributed by atoms with Crippen LogP contribution < -0.4 is 9.84 Å². The lowest BCUT2D eigenvalue weighted by Crippen LogP contribution is -2.24. The van der Waals surface area contributed by atoms with Crippen molar-refractivity contribution < 1.29 is 19.4 Å². The summed E-state index contributed by atoms with van der Waals surface area (Å²) in [5.74, 6) is -0.775. The van der Waals surface area contributed by atoms with E-state index in [1.165, 1.54) is 0 Å². The van der Waals surface area contributed by atoms with Crippen LogP contribution in [0.2, 0.25) is 0 Å². The summed E-state index contributed by atoms with van der Waals surface area (Å²) in [6, 6.07) is 5.90. The van der Waals surface area contributed by atoms with E-state index in [4.69, 9.17) is 4.74 Å². The molecule has 1 aromatic heterocycles. The number of carbonyl (C=O) groups excluding carboxylic acids is 2. The number of carboxylic acid groups (broad SMARTS) is 1. The molecule has 0 aliphatic rings. The van der Waals surface area contributed by atoms with E-state index in [1.807, 2.05) is 25.1 Å². The molecule has 0 atom stereocenters. The van der Waals surface area contributed by atoms with Crippen molar-refractivity contribution >= 4 is 23.1 Å². The molecular formula is C18H20NO4S-. The smallest absolute Gasteiger partial charge is 0.228 e. The van der Waals surface area contributed by atoms with Crippen LogP contribution in [0.4, 0.5) is 0 Å². The van der Waals surface area contributed by atoms with E-state index in [-0.39, 0.29) is 29.2 Å². The summed E-state index contributed by atoms with van der Waals surface area (Å²) in [6.45, 7) is 8.07. The maximum Gasteiger partial charge on any atom is 0.228 e. The molecular weight excluding hydrogens is 326 g/mol. The summed E-state index contributed by atoms with van der Waals surface area (Å²) < 4.78 is 5.79. The van der Waals surface area contributed by atoms with Crippen LogP contribution in [0.1, 0.15) is 47.4 Å². The summed E-state index contributed by atoms with van der Waals surface area (Å²) in [6.07, 6.45) is -0.295. The molecule has 0 saturated carbocycles. The lowest BCUT2D eigenvalue weighted by atomic mass is 9.85. The molecule has 24 heavy (non-hydrogen) atoms. The second-order valence-electron chi connectivity index (χ2n) is 6.61. The Morgan fingerprint density at radius 3 is 2.62 bits per heavy atom. The molecule has 0 spiro atoms. The number of benzene rings is 1. The minimum atomic E-state index is -1.22. The molecule has 2 aromatic rings. The van der Waals surface area contributed by atoms with E-state index < -0.39 is 5.97 Å². The molecule has 1 heterocycles. The third kappa shape index (κ3) is 4.41. The quantitative estimate of drug-likeness (QED) is 0.750. The first-order valence-corrected chi connectivity index (χ1v) is 8.47. The molecule has 0 radical (unpaired) electrons. The molecule has 6 heteroatoms. The number of carbonyl (C=O) groups is 2. The van der Waals surface area contributed by atoms with E-state index in [0.717, 1.165) is 22.5 Å². The largest absolute Gasteiger partial charge is 0.550 e. The van der Waals surface area contributed by atoms with Crippen LogP contribution in [0, 0.1) is 6.92 Å². The molecule has 0 saturated heterocycles. The molecule has 1 aromatic carbocycles. The van der Waals surface area contributed by atoms with E-state index in [9.17, 15) is 14.7 Å². The number of ether oxygens (including phenoxy) is 1. The molecule has 128 valence electrons. The maximum atomic E-state index is 12.2. The van der Waals surface area contributed by atoms with Crippen molar-refractivity contribution in [2.75, 3.05) is 6.61 Å². The molecule has 5 nitrogen and oxygen atoms in total. The van der Waals surface area contributed by atoms with Crippen LogP contribution in [-0.4, -0.2) is 23.3 Å². The highest BCUT2D eigenvalue weighted by Gasteiger charge is 2.21. The van der Waals surface area contributed by atoms with Crippen LogP contribution in [0.15, 0.2) is 23.6 Å². The summed E-state index contributed by atoms with van der Waals surface area (Å²) >= 11 is 1.12. The average Bonchev–Trinajstić information content (AvgIpc) is 2.92. The third-order valence-electron chi connectivity index (χ3n) is 3.48. The van der Waals surface area contributed by atoms with Crippen LogP contribution in [-0.2, 0) is 16.6 Å². The van der Waals surface area contributed by atoms with E-state index in [2.05, 4.69) is 25.8 Å². The van der Waals surface area contributed by atoms with Gasteiger partial charge < -0.3 is 14.6 Å². The SMILES string of the molecule is Cc1cccc(C(C)(C)C)c1OCC(=O)c1nc(CC(=O)[O-])cs1. The van der Waals surface area contributed by atoms with Gasteiger partial charge in [0.1, 0.15) is 5.75 Å². The Bertz CT molecular complexity index is 759. The van der Waals surface area contributed by atoms with Gasteiger partial charge in [0.2, 0.25) is 5.78 Å². The Morgan fingerprint density at radius 1 is 1.29 bits per heavy atom. The number of aliphatic carboxylic acids is 1. The molecule has 0 amide bonds. The van der Waals surface area contributed by atoms with Crippen molar-refractivity contribution in [3.8, 4) is 5.75 Å². The van der Waals surface area contributed by atoms with Crippen molar-refractivity contribution in [2.24, 2.45) is 0 Å². The number of para-hydroxylation sites is 1. The summed E-state index contributed by atoms with van der Waals surface area (Å²) in [7, 11) is 0. The topological polar surface area (TPSA) is 79.3 Å². The first-order chi connectivity index (χ1) is 11.2. The number of thiazole rings is 1. The fourth-order valence-corrected chi connectivity index (χ4v) is 3.04. The molecule has 0 bridgehead atoms. The van der Waals surface area contributed by atoms with Crippen LogP contribution in [0.3, 0.4) is 0 Å². The molecule has 0 aliphatic carbocycles. The molecule has 0 fully saturated rings. The fourth-order valence-electron chi connectivity index (χ4n) is 2.30. The normalized spacial score (nSPS) is 11.3. The monoisotopic (exact) mass is 346 g/mol. The Balaban J connectivity index is 2.12. The van der Waals surface area contributed by atoms with Crippen molar-refractivity contribution in [2.45, 2.75) is 39.5 Å². The Labute approximate surface area is 145 Å². The van der Waals surface area contributed by atoms with Crippen LogP contribution >= 0.6 is 11.3 Å². The van der Waals surface area contributed by atoms with Gasteiger partial charge in [-0.3, -0.25) is 4.79 Å². The minimum absolute atomic E-state index is 0.104. The zero-order chi connectivity index (χ0) is 17.9. The second-order valence-corrected chi connectivity index (χ2v) is 7.46.